The molecule has 0 saturated heterocycles. The van der Waals surface area contributed by atoms with Gasteiger partial charge in [0, 0.05) is 13.0 Å². The smallest absolute Gasteiger partial charge is 0.390 e. The second-order valence-electron chi connectivity index (χ2n) is 8.03. The number of aliphatic hydroxyl groups is 1. The van der Waals surface area contributed by atoms with Crippen molar-refractivity contribution < 1.29 is 36.0 Å². The summed E-state index contributed by atoms with van der Waals surface area (Å²) in [5.41, 5.74) is -0.843. The van der Waals surface area contributed by atoms with Gasteiger partial charge in [-0.1, -0.05) is 0 Å². The lowest BCUT2D eigenvalue weighted by molar-refractivity contribution is -0.181. The van der Waals surface area contributed by atoms with Gasteiger partial charge in [-0.05, 0) is 55.8 Å². The minimum Gasteiger partial charge on any atom is -0.390 e. The zero-order valence-corrected chi connectivity index (χ0v) is 14.1. The van der Waals surface area contributed by atoms with E-state index >= 15 is 0 Å². The van der Waals surface area contributed by atoms with Crippen LogP contribution in [-0.4, -0.2) is 48.3 Å². The molecule has 3 unspecified atom stereocenters. The van der Waals surface area contributed by atoms with Crippen LogP contribution in [0.3, 0.4) is 0 Å². The fraction of sp³-hybridized carbons (Fsp3) is 1.00. The van der Waals surface area contributed by atoms with E-state index in [0.29, 0.717) is 18.3 Å². The first-order valence-electron chi connectivity index (χ1n) is 8.24. The summed E-state index contributed by atoms with van der Waals surface area (Å²) in [6.07, 6.45) is 1.34. The topological polar surface area (TPSA) is 83.8 Å². The van der Waals surface area contributed by atoms with Crippen molar-refractivity contribution in [1.29, 1.82) is 0 Å². The summed E-state index contributed by atoms with van der Waals surface area (Å²) in [5, 5.41) is 5.77. The van der Waals surface area contributed by atoms with E-state index in [1.54, 1.807) is 0 Å². The Balaban J connectivity index is 1.51. The third-order valence-electron chi connectivity index (χ3n) is 5.78. The molecule has 0 aromatic heterocycles. The first kappa shape index (κ1) is 18.4. The van der Waals surface area contributed by atoms with E-state index in [1.165, 1.54) is 0 Å². The lowest BCUT2D eigenvalue weighted by Gasteiger charge is -2.60. The molecule has 0 heterocycles. The second kappa shape index (κ2) is 5.82. The number of ether oxygens (including phenoxy) is 1. The molecule has 4 aliphatic rings. The minimum absolute atomic E-state index is 0.184. The van der Waals surface area contributed by atoms with Crippen LogP contribution in [0.2, 0.25) is 0 Å². The third-order valence-corrected chi connectivity index (χ3v) is 6.73. The summed E-state index contributed by atoms with van der Waals surface area (Å²) in [6.45, 7) is -0.103. The van der Waals surface area contributed by atoms with Crippen LogP contribution in [0.25, 0.3) is 0 Å². The van der Waals surface area contributed by atoms with Crippen molar-refractivity contribution in [2.75, 3.05) is 13.2 Å². The van der Waals surface area contributed by atoms with Crippen molar-refractivity contribution in [1.82, 2.24) is 0 Å². The lowest BCUT2D eigenvalue weighted by atomic mass is 9.48. The van der Waals surface area contributed by atoms with Gasteiger partial charge in [0.1, 0.15) is 0 Å². The number of halogens is 3. The average molecular weight is 372 g/mol. The Kier molecular flexibility index (Phi) is 4.47. The number of hydrogen-bond donors (Lipinski definition) is 2. The molecule has 2 N–H and O–H groups in total. The molecule has 5 nitrogen and oxygen atoms in total. The van der Waals surface area contributed by atoms with Crippen LogP contribution in [0.5, 0.6) is 0 Å². The number of alkyl halides is 3. The summed E-state index contributed by atoms with van der Waals surface area (Å²) < 4.78 is 74.4. The number of rotatable bonds is 7. The maximum Gasteiger partial charge on any atom is 0.400 e. The van der Waals surface area contributed by atoms with Crippen molar-refractivity contribution in [3.63, 3.8) is 0 Å². The van der Waals surface area contributed by atoms with Crippen molar-refractivity contribution in [2.45, 2.75) is 62.0 Å². The Morgan fingerprint density at radius 1 is 1.21 bits per heavy atom. The molecule has 9 heteroatoms. The Labute approximate surface area is 139 Å². The van der Waals surface area contributed by atoms with Crippen LogP contribution in [0.1, 0.15) is 44.9 Å². The molecular formula is C15H23F3O5S. The molecule has 0 aromatic rings. The van der Waals surface area contributed by atoms with Gasteiger partial charge in [-0.15, -0.1) is 0 Å². The zero-order valence-electron chi connectivity index (χ0n) is 13.3. The highest BCUT2D eigenvalue weighted by Crippen LogP contribution is 2.61. The highest BCUT2D eigenvalue weighted by molar-refractivity contribution is 7.86. The molecule has 0 spiro atoms. The summed E-state index contributed by atoms with van der Waals surface area (Å²) in [7, 11) is -5.78. The van der Waals surface area contributed by atoms with Crippen molar-refractivity contribution in [2.24, 2.45) is 17.3 Å². The molecule has 4 rings (SSSR count). The fourth-order valence-corrected chi connectivity index (χ4v) is 5.82. The molecule has 24 heavy (non-hydrogen) atoms. The Morgan fingerprint density at radius 2 is 1.79 bits per heavy atom. The number of hydrogen-bond acceptors (Lipinski definition) is 4. The summed E-state index contributed by atoms with van der Waals surface area (Å²) in [5.74, 6) is 0.912. The first-order chi connectivity index (χ1) is 10.9. The Bertz CT molecular complexity index is 580. The Morgan fingerprint density at radius 3 is 2.29 bits per heavy atom. The minimum atomic E-state index is -5.78. The largest absolute Gasteiger partial charge is 0.400 e. The maximum absolute atomic E-state index is 13.4. The normalized spacial score (nSPS) is 40.0. The van der Waals surface area contributed by atoms with Gasteiger partial charge in [0.2, 0.25) is 0 Å². The van der Waals surface area contributed by atoms with Crippen molar-refractivity contribution >= 4 is 10.1 Å². The van der Waals surface area contributed by atoms with Crippen LogP contribution < -0.4 is 0 Å². The van der Waals surface area contributed by atoms with E-state index in [-0.39, 0.29) is 18.6 Å². The predicted octanol–water partition coefficient (Wildman–Crippen LogP) is 2.54. The van der Waals surface area contributed by atoms with Gasteiger partial charge < -0.3 is 9.84 Å². The van der Waals surface area contributed by atoms with Crippen molar-refractivity contribution in [3.8, 4) is 0 Å². The van der Waals surface area contributed by atoms with Crippen LogP contribution in [-0.2, 0) is 14.9 Å². The standard InChI is InChI=1S/C15H23F3O5S/c16-12(15(17,18)24(20,21)22)1-2-23-9-13-4-10-3-11(5-13)7-14(19,6-10)8-13/h10-12,19H,1-9H2,(H,20,21,22). The molecule has 0 radical (unpaired) electrons. The van der Waals surface area contributed by atoms with Crippen molar-refractivity contribution in [3.05, 3.63) is 0 Å². The fourth-order valence-electron chi connectivity index (χ4n) is 5.38. The SMILES string of the molecule is O=S(=O)(O)C(F)(F)C(F)CCOCC12CC3CC(CC(O)(C3)C1)C2. The van der Waals surface area contributed by atoms with E-state index < -0.39 is 33.6 Å². The van der Waals surface area contributed by atoms with E-state index in [9.17, 15) is 26.7 Å². The predicted molar refractivity (Wildman–Crippen MR) is 78.9 cm³/mol. The van der Waals surface area contributed by atoms with Crippen LogP contribution in [0.15, 0.2) is 0 Å². The van der Waals surface area contributed by atoms with Gasteiger partial charge >= 0.3 is 15.4 Å². The molecule has 3 atom stereocenters. The monoisotopic (exact) mass is 372 g/mol. The van der Waals surface area contributed by atoms with Gasteiger partial charge in [-0.25, -0.2) is 4.39 Å². The molecule has 0 aliphatic heterocycles. The van der Waals surface area contributed by atoms with Crippen LogP contribution >= 0.6 is 0 Å². The zero-order chi connectivity index (χ0) is 17.8. The van der Waals surface area contributed by atoms with Crippen LogP contribution in [0, 0.1) is 17.3 Å². The van der Waals surface area contributed by atoms with Crippen LogP contribution in [0.4, 0.5) is 13.2 Å². The van der Waals surface area contributed by atoms with E-state index in [4.69, 9.17) is 9.29 Å². The molecule has 0 amide bonds. The average Bonchev–Trinajstić information content (AvgIpc) is 2.39. The van der Waals surface area contributed by atoms with Gasteiger partial charge in [-0.3, -0.25) is 4.55 Å². The molecular weight excluding hydrogens is 349 g/mol. The highest BCUT2D eigenvalue weighted by atomic mass is 32.2. The summed E-state index contributed by atoms with van der Waals surface area (Å²) in [6, 6.07) is 0. The molecule has 4 aliphatic carbocycles. The summed E-state index contributed by atoms with van der Waals surface area (Å²) >= 11 is 0. The van der Waals surface area contributed by atoms with E-state index in [2.05, 4.69) is 0 Å². The third kappa shape index (κ3) is 3.32. The van der Waals surface area contributed by atoms with Gasteiger partial charge in [-0.2, -0.15) is 17.2 Å². The Hall–Kier alpha value is -0.380. The molecule has 4 fully saturated rings. The molecule has 140 valence electrons. The first-order valence-corrected chi connectivity index (χ1v) is 9.68. The quantitative estimate of drug-likeness (QED) is 0.530. The lowest BCUT2D eigenvalue weighted by Crippen LogP contribution is -2.57. The molecule has 4 saturated carbocycles. The molecule has 4 bridgehead atoms. The van der Waals surface area contributed by atoms with Gasteiger partial charge in [0.15, 0.2) is 6.17 Å². The van der Waals surface area contributed by atoms with Gasteiger partial charge in [0.05, 0.1) is 12.2 Å². The van der Waals surface area contributed by atoms with E-state index in [1.807, 2.05) is 0 Å². The molecule has 0 aromatic carbocycles. The summed E-state index contributed by atoms with van der Waals surface area (Å²) in [4.78, 5) is 0. The highest BCUT2D eigenvalue weighted by Gasteiger charge is 2.57. The maximum atomic E-state index is 13.4. The van der Waals surface area contributed by atoms with E-state index in [0.717, 1.165) is 32.1 Å². The second-order valence-corrected chi connectivity index (χ2v) is 9.53. The van der Waals surface area contributed by atoms with Gasteiger partial charge in [0.25, 0.3) is 0 Å².